The highest BCUT2D eigenvalue weighted by molar-refractivity contribution is 7.99. The van der Waals surface area contributed by atoms with Gasteiger partial charge in [0.05, 0.1) is 28.9 Å². The molecule has 144 valence electrons. The Morgan fingerprint density at radius 1 is 1.18 bits per heavy atom. The third-order valence-electron chi connectivity index (χ3n) is 3.37. The van der Waals surface area contributed by atoms with Crippen LogP contribution in [0.3, 0.4) is 0 Å². The number of thioether (sulfide) groups is 1. The summed E-state index contributed by atoms with van der Waals surface area (Å²) in [6.07, 6.45) is 4.07. The van der Waals surface area contributed by atoms with E-state index in [2.05, 4.69) is 25.5 Å². The number of hydrogen-bond acceptors (Lipinski definition) is 8. The second-order valence-electron chi connectivity index (χ2n) is 5.24. The molecule has 0 saturated carbocycles. The van der Waals surface area contributed by atoms with Crippen molar-refractivity contribution in [3.8, 4) is 5.69 Å². The Hall–Kier alpha value is -2.20. The fourth-order valence-electron chi connectivity index (χ4n) is 2.17. The van der Waals surface area contributed by atoms with E-state index in [-0.39, 0.29) is 22.8 Å². The van der Waals surface area contributed by atoms with Crippen molar-refractivity contribution in [2.24, 2.45) is 0 Å². The van der Waals surface area contributed by atoms with Gasteiger partial charge in [0.2, 0.25) is 10.9 Å². The van der Waals surface area contributed by atoms with Crippen LogP contribution >= 0.6 is 46.6 Å². The Balaban J connectivity index is 1.90. The molecule has 3 rings (SSSR count). The van der Waals surface area contributed by atoms with Crippen molar-refractivity contribution in [1.29, 1.82) is 0 Å². The van der Waals surface area contributed by atoms with Gasteiger partial charge >= 0.3 is 0 Å². The standard InChI is InChI=1S/C16H11Cl3N6O2S/c17-16(18,19)14(27)13(11-8-20-6-7-21-11)12(26)9-28-15-22-23-24-25(15)10-4-2-1-3-5-10/h1-8,26H,9H2/b13-12+. The van der Waals surface area contributed by atoms with E-state index >= 15 is 0 Å². The number of alkyl halides is 3. The number of aliphatic hydroxyl groups is 1. The SMILES string of the molecule is O=C(/C(=C(/O)CSc1nnnn1-c1ccccc1)c1cnccn1)C(Cl)(Cl)Cl. The Labute approximate surface area is 178 Å². The van der Waals surface area contributed by atoms with Gasteiger partial charge in [-0.3, -0.25) is 14.8 Å². The summed E-state index contributed by atoms with van der Waals surface area (Å²) in [6.45, 7) is 0. The zero-order valence-corrected chi connectivity index (χ0v) is 17.0. The number of nitrogens with zero attached hydrogens (tertiary/aromatic N) is 6. The molecule has 0 amide bonds. The molecule has 0 spiro atoms. The molecule has 2 aromatic heterocycles. The predicted octanol–water partition coefficient (Wildman–Crippen LogP) is 3.45. The van der Waals surface area contributed by atoms with Crippen molar-refractivity contribution in [1.82, 2.24) is 30.2 Å². The molecule has 2 heterocycles. The first kappa shape index (κ1) is 20.5. The van der Waals surface area contributed by atoms with E-state index in [1.807, 2.05) is 30.3 Å². The monoisotopic (exact) mass is 456 g/mol. The highest BCUT2D eigenvalue weighted by Crippen LogP contribution is 2.35. The fraction of sp³-hybridized carbons (Fsp3) is 0.125. The van der Waals surface area contributed by atoms with Crippen LogP contribution < -0.4 is 0 Å². The molecule has 0 unspecified atom stereocenters. The number of aliphatic hydroxyl groups excluding tert-OH is 1. The van der Waals surface area contributed by atoms with Gasteiger partial charge < -0.3 is 5.11 Å². The molecule has 0 aliphatic heterocycles. The van der Waals surface area contributed by atoms with E-state index in [1.54, 1.807) is 0 Å². The van der Waals surface area contributed by atoms with Crippen molar-refractivity contribution in [2.75, 3.05) is 5.75 Å². The molecule has 0 bridgehead atoms. The van der Waals surface area contributed by atoms with Crippen LogP contribution in [0.4, 0.5) is 0 Å². The number of carbonyl (C=O) groups excluding carboxylic acids is 1. The fourth-order valence-corrected chi connectivity index (χ4v) is 3.22. The van der Waals surface area contributed by atoms with E-state index < -0.39 is 9.58 Å². The van der Waals surface area contributed by atoms with Crippen LogP contribution in [-0.4, -0.2) is 50.6 Å². The molecule has 0 saturated heterocycles. The van der Waals surface area contributed by atoms with Crippen LogP contribution in [0.15, 0.2) is 59.8 Å². The van der Waals surface area contributed by atoms with Crippen molar-refractivity contribution in [2.45, 2.75) is 8.95 Å². The van der Waals surface area contributed by atoms with Gasteiger partial charge in [-0.15, -0.1) is 5.10 Å². The Bertz CT molecular complexity index is 992. The van der Waals surface area contributed by atoms with Crippen LogP contribution in [0.25, 0.3) is 11.3 Å². The number of benzene rings is 1. The topological polar surface area (TPSA) is 107 Å². The van der Waals surface area contributed by atoms with Crippen LogP contribution in [0.5, 0.6) is 0 Å². The molecule has 0 radical (unpaired) electrons. The number of tetrazole rings is 1. The lowest BCUT2D eigenvalue weighted by atomic mass is 10.1. The van der Waals surface area contributed by atoms with Crippen molar-refractivity contribution >= 4 is 57.9 Å². The van der Waals surface area contributed by atoms with E-state index in [9.17, 15) is 9.90 Å². The first-order valence-corrected chi connectivity index (χ1v) is 9.76. The number of carbonyl (C=O) groups is 1. The minimum absolute atomic E-state index is 0.0639. The summed E-state index contributed by atoms with van der Waals surface area (Å²) in [4.78, 5) is 20.4. The summed E-state index contributed by atoms with van der Waals surface area (Å²) >= 11 is 18.3. The minimum Gasteiger partial charge on any atom is -0.511 e. The molecule has 0 atom stereocenters. The maximum atomic E-state index is 12.5. The molecule has 1 N–H and O–H groups in total. The summed E-state index contributed by atoms with van der Waals surface area (Å²) in [6, 6.07) is 9.20. The normalized spacial score (nSPS) is 12.5. The van der Waals surface area contributed by atoms with Crippen molar-refractivity contribution in [3.63, 3.8) is 0 Å². The molecule has 0 aliphatic rings. The van der Waals surface area contributed by atoms with Gasteiger partial charge in [-0.1, -0.05) is 64.8 Å². The van der Waals surface area contributed by atoms with E-state index in [1.165, 1.54) is 23.3 Å². The lowest BCUT2D eigenvalue weighted by Crippen LogP contribution is -2.22. The molecule has 8 nitrogen and oxygen atoms in total. The van der Waals surface area contributed by atoms with Gasteiger partial charge in [-0.25, -0.2) is 0 Å². The van der Waals surface area contributed by atoms with Gasteiger partial charge in [-0.2, -0.15) is 4.68 Å². The minimum atomic E-state index is -2.27. The number of Topliss-reactive ketones (excluding diaryl/α,β-unsaturated/α-hetero) is 1. The summed E-state index contributed by atoms with van der Waals surface area (Å²) in [5.74, 6) is -1.32. The quantitative estimate of drug-likeness (QED) is 0.260. The summed E-state index contributed by atoms with van der Waals surface area (Å²) < 4.78 is -0.770. The number of halogens is 3. The smallest absolute Gasteiger partial charge is 0.253 e. The number of allylic oxidation sites excluding steroid dienone is 1. The van der Waals surface area contributed by atoms with Crippen molar-refractivity contribution < 1.29 is 9.90 Å². The van der Waals surface area contributed by atoms with E-state index in [0.717, 1.165) is 17.4 Å². The number of ketones is 1. The highest BCUT2D eigenvalue weighted by atomic mass is 35.6. The molecule has 3 aromatic rings. The molecule has 0 aliphatic carbocycles. The highest BCUT2D eigenvalue weighted by Gasteiger charge is 2.36. The zero-order valence-electron chi connectivity index (χ0n) is 13.9. The molecular weight excluding hydrogens is 447 g/mol. The van der Waals surface area contributed by atoms with Crippen LogP contribution in [-0.2, 0) is 4.79 Å². The van der Waals surface area contributed by atoms with Crippen molar-refractivity contribution in [3.05, 3.63) is 60.4 Å². The third kappa shape index (κ3) is 4.79. The Kier molecular flexibility index (Phi) is 6.50. The van der Waals surface area contributed by atoms with Gasteiger partial charge in [0.25, 0.3) is 3.79 Å². The largest absolute Gasteiger partial charge is 0.511 e. The number of aromatic nitrogens is 6. The predicted molar refractivity (Wildman–Crippen MR) is 107 cm³/mol. The van der Waals surface area contributed by atoms with Crippen LogP contribution in [0.1, 0.15) is 5.69 Å². The number of rotatable bonds is 6. The summed E-state index contributed by atoms with van der Waals surface area (Å²) in [7, 11) is 0. The third-order valence-corrected chi connectivity index (χ3v) is 4.82. The molecule has 0 fully saturated rings. The maximum absolute atomic E-state index is 12.5. The van der Waals surface area contributed by atoms with E-state index in [4.69, 9.17) is 34.8 Å². The first-order valence-electron chi connectivity index (χ1n) is 7.64. The van der Waals surface area contributed by atoms with E-state index in [0.29, 0.717) is 5.16 Å². The molecular formula is C16H11Cl3N6O2S. The lowest BCUT2D eigenvalue weighted by Gasteiger charge is -2.14. The molecule has 1 aromatic carbocycles. The average Bonchev–Trinajstić information content (AvgIpc) is 3.16. The Morgan fingerprint density at radius 2 is 1.93 bits per heavy atom. The van der Waals surface area contributed by atoms with Gasteiger partial charge in [0.1, 0.15) is 5.76 Å². The first-order chi connectivity index (χ1) is 13.4. The lowest BCUT2D eigenvalue weighted by molar-refractivity contribution is -0.113. The van der Waals surface area contributed by atoms with Crippen LogP contribution in [0, 0.1) is 0 Å². The number of para-hydroxylation sites is 1. The van der Waals surface area contributed by atoms with Crippen LogP contribution in [0.2, 0.25) is 0 Å². The summed E-state index contributed by atoms with van der Waals surface area (Å²) in [5, 5.41) is 22.5. The van der Waals surface area contributed by atoms with Gasteiger partial charge in [0, 0.05) is 12.4 Å². The molecule has 12 heteroatoms. The number of hydrogen-bond donors (Lipinski definition) is 1. The summed E-state index contributed by atoms with van der Waals surface area (Å²) in [5.41, 5.74) is 0.587. The Morgan fingerprint density at radius 3 is 2.57 bits per heavy atom. The zero-order chi connectivity index (χ0) is 20.1. The van der Waals surface area contributed by atoms with Gasteiger partial charge in [0.15, 0.2) is 0 Å². The second kappa shape index (κ2) is 8.87. The second-order valence-corrected chi connectivity index (χ2v) is 8.46. The maximum Gasteiger partial charge on any atom is 0.253 e. The molecule has 28 heavy (non-hydrogen) atoms. The average molecular weight is 458 g/mol. The van der Waals surface area contributed by atoms with Gasteiger partial charge in [-0.05, 0) is 22.6 Å².